The third-order valence-corrected chi connectivity index (χ3v) is 3.94. The maximum Gasteiger partial charge on any atom is 0.123 e. The van der Waals surface area contributed by atoms with E-state index in [1.165, 1.54) is 22.3 Å². The molecule has 0 amide bonds. The first-order chi connectivity index (χ1) is 8.58. The van der Waals surface area contributed by atoms with Crippen molar-refractivity contribution in [1.82, 2.24) is 0 Å². The van der Waals surface area contributed by atoms with Crippen molar-refractivity contribution >= 4 is 17.7 Å². The molecule has 0 spiro atoms. The lowest BCUT2D eigenvalue weighted by Gasteiger charge is -2.13. The molecule has 0 radical (unpaired) electrons. The summed E-state index contributed by atoms with van der Waals surface area (Å²) in [4.78, 5) is 0. The molecule has 1 N–H and O–H groups in total. The highest BCUT2D eigenvalue weighted by molar-refractivity contribution is 5.99. The zero-order valence-electron chi connectivity index (χ0n) is 11.1. The zero-order valence-corrected chi connectivity index (χ0v) is 11.1. The van der Waals surface area contributed by atoms with Crippen LogP contribution in [0.4, 0.5) is 0 Å². The number of hydrogen-bond acceptors (Lipinski definition) is 1. The van der Waals surface area contributed by atoms with Crippen molar-refractivity contribution in [3.8, 4) is 5.75 Å². The Hall–Kier alpha value is -1.76. The smallest absolute Gasteiger partial charge is 0.123 e. The number of allylic oxidation sites excluding steroid dienone is 4. The second-order valence-corrected chi connectivity index (χ2v) is 5.55. The Morgan fingerprint density at radius 2 is 2.00 bits per heavy atom. The lowest BCUT2D eigenvalue weighted by atomic mass is 9.92. The topological polar surface area (TPSA) is 20.2 Å². The van der Waals surface area contributed by atoms with E-state index in [0.717, 1.165) is 5.56 Å². The van der Waals surface area contributed by atoms with E-state index in [9.17, 15) is 5.11 Å². The Morgan fingerprint density at radius 3 is 2.72 bits per heavy atom. The molecule has 3 rings (SSSR count). The molecule has 1 atom stereocenters. The van der Waals surface area contributed by atoms with E-state index in [0.29, 0.717) is 17.6 Å². The Bertz CT molecular complexity index is 600. The van der Waals surface area contributed by atoms with Gasteiger partial charge in [-0.05, 0) is 53.2 Å². The summed E-state index contributed by atoms with van der Waals surface area (Å²) >= 11 is 0. The fourth-order valence-corrected chi connectivity index (χ4v) is 2.79. The molecule has 92 valence electrons. The quantitative estimate of drug-likeness (QED) is 0.764. The van der Waals surface area contributed by atoms with Gasteiger partial charge in [-0.15, -0.1) is 0 Å². The van der Waals surface area contributed by atoms with E-state index in [1.54, 1.807) is 6.07 Å². The van der Waals surface area contributed by atoms with Gasteiger partial charge in [-0.3, -0.25) is 0 Å². The molecule has 2 aliphatic carbocycles. The molecule has 0 aliphatic heterocycles. The van der Waals surface area contributed by atoms with Gasteiger partial charge >= 0.3 is 0 Å². The van der Waals surface area contributed by atoms with Gasteiger partial charge in [0.2, 0.25) is 0 Å². The summed E-state index contributed by atoms with van der Waals surface area (Å²) in [6.07, 6.45) is 8.90. The van der Waals surface area contributed by atoms with Crippen LogP contribution in [0, 0.1) is 11.8 Å². The number of aromatic hydroxyl groups is 1. The van der Waals surface area contributed by atoms with Gasteiger partial charge in [0.15, 0.2) is 0 Å². The lowest BCUT2D eigenvalue weighted by molar-refractivity contribution is 0.474. The second-order valence-electron chi connectivity index (χ2n) is 5.55. The van der Waals surface area contributed by atoms with Crippen molar-refractivity contribution in [1.29, 1.82) is 0 Å². The average molecular weight is 238 g/mol. The predicted molar refractivity (Wildman–Crippen MR) is 77.1 cm³/mol. The van der Waals surface area contributed by atoms with Crippen LogP contribution in [0.2, 0.25) is 0 Å². The molecule has 0 saturated carbocycles. The number of hydrogen-bond donors (Lipinski definition) is 1. The molecule has 0 fully saturated rings. The maximum atomic E-state index is 9.98. The van der Waals surface area contributed by atoms with Gasteiger partial charge in [0.05, 0.1) is 0 Å². The van der Waals surface area contributed by atoms with Crippen molar-refractivity contribution in [2.45, 2.75) is 20.8 Å². The highest BCUT2D eigenvalue weighted by Crippen LogP contribution is 2.44. The van der Waals surface area contributed by atoms with Crippen molar-refractivity contribution in [2.24, 2.45) is 11.8 Å². The van der Waals surface area contributed by atoms with Crippen molar-refractivity contribution in [3.63, 3.8) is 0 Å². The van der Waals surface area contributed by atoms with Crippen LogP contribution in [0.5, 0.6) is 5.75 Å². The molecular formula is C17H18O. The molecule has 1 unspecified atom stereocenters. The van der Waals surface area contributed by atoms with E-state index in [4.69, 9.17) is 0 Å². The first-order valence-corrected chi connectivity index (χ1v) is 6.53. The Labute approximate surface area is 108 Å². The highest BCUT2D eigenvalue weighted by atomic mass is 16.3. The third-order valence-electron chi connectivity index (χ3n) is 3.94. The fraction of sp³-hybridized carbons (Fsp3) is 0.294. The maximum absolute atomic E-state index is 9.98. The van der Waals surface area contributed by atoms with E-state index < -0.39 is 0 Å². The van der Waals surface area contributed by atoms with Crippen molar-refractivity contribution in [3.05, 3.63) is 46.5 Å². The van der Waals surface area contributed by atoms with Crippen LogP contribution in [-0.4, -0.2) is 5.11 Å². The van der Waals surface area contributed by atoms with Crippen molar-refractivity contribution < 1.29 is 5.11 Å². The monoisotopic (exact) mass is 238 g/mol. The standard InChI is InChI=1S/C17H18O/c1-10(2)13-5-4-12-6-7-16(18)15-8-11(3)14(9-13)17(12)15/h4-10,13,18H,1-3H3. The summed E-state index contributed by atoms with van der Waals surface area (Å²) in [5.41, 5.74) is 5.93. The summed E-state index contributed by atoms with van der Waals surface area (Å²) in [7, 11) is 0. The second kappa shape index (κ2) is 3.88. The Balaban J connectivity index is 2.26. The predicted octanol–water partition coefficient (Wildman–Crippen LogP) is 4.49. The molecule has 2 aliphatic rings. The molecule has 0 bridgehead atoms. The number of benzene rings is 1. The first kappa shape index (κ1) is 11.3. The first-order valence-electron chi connectivity index (χ1n) is 6.53. The molecule has 0 saturated heterocycles. The summed E-state index contributed by atoms with van der Waals surface area (Å²) < 4.78 is 0. The van der Waals surface area contributed by atoms with Gasteiger partial charge in [0.1, 0.15) is 5.75 Å². The summed E-state index contributed by atoms with van der Waals surface area (Å²) in [5.74, 6) is 1.44. The molecular weight excluding hydrogens is 220 g/mol. The van der Waals surface area contributed by atoms with Crippen LogP contribution < -0.4 is 0 Å². The van der Waals surface area contributed by atoms with E-state index in [-0.39, 0.29) is 0 Å². The number of rotatable bonds is 1. The Kier molecular flexibility index (Phi) is 2.44. The van der Waals surface area contributed by atoms with Gasteiger partial charge in [-0.25, -0.2) is 0 Å². The summed E-state index contributed by atoms with van der Waals surface area (Å²) in [6.45, 7) is 6.61. The van der Waals surface area contributed by atoms with Crippen LogP contribution >= 0.6 is 0 Å². The minimum atomic E-state index is 0.382. The normalized spacial score (nSPS) is 20.6. The van der Waals surface area contributed by atoms with Crippen LogP contribution in [0.15, 0.2) is 29.9 Å². The third kappa shape index (κ3) is 1.54. The number of phenols is 1. The van der Waals surface area contributed by atoms with Gasteiger partial charge in [-0.2, -0.15) is 0 Å². The minimum absolute atomic E-state index is 0.382. The van der Waals surface area contributed by atoms with Crippen LogP contribution in [-0.2, 0) is 0 Å². The summed E-state index contributed by atoms with van der Waals surface area (Å²) in [5, 5.41) is 9.98. The van der Waals surface area contributed by atoms with Gasteiger partial charge < -0.3 is 5.11 Å². The zero-order chi connectivity index (χ0) is 12.9. The largest absolute Gasteiger partial charge is 0.507 e. The molecule has 0 heterocycles. The Morgan fingerprint density at radius 1 is 1.22 bits per heavy atom. The van der Waals surface area contributed by atoms with E-state index in [2.05, 4.69) is 45.1 Å². The molecule has 0 aromatic heterocycles. The molecule has 1 aromatic rings. The van der Waals surface area contributed by atoms with Crippen LogP contribution in [0.3, 0.4) is 0 Å². The van der Waals surface area contributed by atoms with Gasteiger partial charge in [0.25, 0.3) is 0 Å². The SMILES string of the molecule is CC1=Cc2c(O)ccc3c2C1=CC(C(C)C)C=C3. The fourth-order valence-electron chi connectivity index (χ4n) is 2.79. The molecule has 1 nitrogen and oxygen atoms in total. The number of phenolic OH excluding ortho intramolecular Hbond substituents is 1. The van der Waals surface area contributed by atoms with Gasteiger partial charge in [-0.1, -0.05) is 38.1 Å². The van der Waals surface area contributed by atoms with E-state index in [1.807, 2.05) is 6.07 Å². The highest BCUT2D eigenvalue weighted by Gasteiger charge is 2.24. The summed E-state index contributed by atoms with van der Waals surface area (Å²) in [6, 6.07) is 3.80. The van der Waals surface area contributed by atoms with Crippen LogP contribution in [0.25, 0.3) is 17.7 Å². The lowest BCUT2D eigenvalue weighted by Crippen LogP contribution is -2.01. The van der Waals surface area contributed by atoms with Gasteiger partial charge in [0, 0.05) is 5.56 Å². The molecule has 18 heavy (non-hydrogen) atoms. The average Bonchev–Trinajstić information content (AvgIpc) is 2.55. The molecule has 1 aromatic carbocycles. The van der Waals surface area contributed by atoms with E-state index >= 15 is 0 Å². The van der Waals surface area contributed by atoms with Crippen molar-refractivity contribution in [2.75, 3.05) is 0 Å². The van der Waals surface area contributed by atoms with Crippen LogP contribution in [0.1, 0.15) is 37.5 Å². The molecule has 1 heteroatoms. The minimum Gasteiger partial charge on any atom is -0.507 e.